The highest BCUT2D eigenvalue weighted by Crippen LogP contribution is 2.25. The molecule has 0 spiro atoms. The second-order valence-electron chi connectivity index (χ2n) is 5.09. The lowest BCUT2D eigenvalue weighted by Gasteiger charge is -1.99. The number of aromatic nitrogens is 3. The van der Waals surface area contributed by atoms with Gasteiger partial charge < -0.3 is 0 Å². The van der Waals surface area contributed by atoms with Crippen molar-refractivity contribution >= 4 is 45.6 Å². The topological polar surface area (TPSA) is 47.3 Å². The Bertz CT molecular complexity index is 1150. The Morgan fingerprint density at radius 2 is 1.75 bits per heavy atom. The molecule has 0 radical (unpaired) electrons. The van der Waals surface area contributed by atoms with E-state index in [1.807, 2.05) is 36.4 Å². The maximum absolute atomic E-state index is 12.8. The molecule has 0 aliphatic rings. The second kappa shape index (κ2) is 6.02. The van der Waals surface area contributed by atoms with Crippen molar-refractivity contribution in [2.75, 3.05) is 0 Å². The van der Waals surface area contributed by atoms with Gasteiger partial charge in [-0.05, 0) is 35.9 Å². The van der Waals surface area contributed by atoms with E-state index in [-0.39, 0.29) is 5.56 Å². The van der Waals surface area contributed by atoms with Crippen molar-refractivity contribution in [2.45, 2.75) is 0 Å². The fourth-order valence-electron chi connectivity index (χ4n) is 2.39. The largest absolute Gasteiger partial charge is 0.276 e. The van der Waals surface area contributed by atoms with Gasteiger partial charge in [-0.2, -0.15) is 0 Å². The van der Waals surface area contributed by atoms with Crippen LogP contribution >= 0.6 is 34.5 Å². The summed E-state index contributed by atoms with van der Waals surface area (Å²) in [5, 5.41) is 9.40. The quantitative estimate of drug-likeness (QED) is 0.538. The van der Waals surface area contributed by atoms with E-state index in [0.29, 0.717) is 30.9 Å². The molecule has 4 aromatic rings. The van der Waals surface area contributed by atoms with E-state index in [9.17, 15) is 4.79 Å². The zero-order chi connectivity index (χ0) is 16.7. The van der Waals surface area contributed by atoms with Gasteiger partial charge in [0, 0.05) is 10.6 Å². The number of hydrogen-bond acceptors (Lipinski definition) is 4. The molecule has 0 N–H and O–H groups in total. The smallest absolute Gasteiger partial charge is 0.267 e. The first-order valence-corrected chi connectivity index (χ1v) is 8.61. The molecule has 0 saturated carbocycles. The predicted molar refractivity (Wildman–Crippen MR) is 97.8 cm³/mol. The van der Waals surface area contributed by atoms with Gasteiger partial charge in [0.25, 0.3) is 5.56 Å². The van der Waals surface area contributed by atoms with Gasteiger partial charge in [0.15, 0.2) is 5.82 Å². The first kappa shape index (κ1) is 15.3. The van der Waals surface area contributed by atoms with Crippen LogP contribution < -0.4 is 10.1 Å². The normalized spacial score (nSPS) is 12.2. The van der Waals surface area contributed by atoms with Gasteiger partial charge in [-0.3, -0.25) is 4.79 Å². The van der Waals surface area contributed by atoms with Crippen LogP contribution in [0.3, 0.4) is 0 Å². The molecular weight excluding hydrogens is 365 g/mol. The molecule has 118 valence electrons. The molecule has 4 rings (SSSR count). The maximum atomic E-state index is 12.8. The predicted octanol–water partition coefficient (Wildman–Crippen LogP) is 3.67. The summed E-state index contributed by atoms with van der Waals surface area (Å²) in [5.41, 5.74) is 1.41. The Labute approximate surface area is 150 Å². The lowest BCUT2D eigenvalue weighted by atomic mass is 10.2. The van der Waals surface area contributed by atoms with Crippen molar-refractivity contribution in [1.82, 2.24) is 14.6 Å². The summed E-state index contributed by atoms with van der Waals surface area (Å²) in [7, 11) is 0. The average molecular weight is 374 g/mol. The van der Waals surface area contributed by atoms with Gasteiger partial charge in [0.2, 0.25) is 4.96 Å². The highest BCUT2D eigenvalue weighted by molar-refractivity contribution is 7.15. The summed E-state index contributed by atoms with van der Waals surface area (Å²) >= 11 is 13.4. The summed E-state index contributed by atoms with van der Waals surface area (Å²) in [6.45, 7) is 0. The summed E-state index contributed by atoms with van der Waals surface area (Å²) in [4.78, 5) is 13.3. The number of thiazole rings is 1. The molecule has 0 saturated heterocycles. The van der Waals surface area contributed by atoms with Gasteiger partial charge >= 0.3 is 0 Å². The molecule has 0 aliphatic heterocycles. The van der Waals surface area contributed by atoms with Crippen molar-refractivity contribution in [3.63, 3.8) is 0 Å². The molecule has 0 aliphatic carbocycles. The minimum absolute atomic E-state index is 0.162. The van der Waals surface area contributed by atoms with Gasteiger partial charge in [-0.25, -0.2) is 4.40 Å². The lowest BCUT2D eigenvalue weighted by molar-refractivity contribution is 1.09. The van der Waals surface area contributed by atoms with Crippen molar-refractivity contribution in [1.29, 1.82) is 0 Å². The Hall–Kier alpha value is -2.21. The molecule has 0 amide bonds. The van der Waals surface area contributed by atoms with E-state index in [4.69, 9.17) is 23.2 Å². The molecule has 2 aromatic carbocycles. The number of nitrogens with zero attached hydrogens (tertiary/aromatic N) is 3. The molecule has 0 atom stereocenters. The van der Waals surface area contributed by atoms with E-state index in [0.717, 1.165) is 5.56 Å². The minimum Gasteiger partial charge on any atom is -0.267 e. The standard InChI is InChI=1S/C17H9Cl2N3OS/c18-11-7-5-10(6-8-11)9-14-16(23)22-15(20-21-17(22)24-14)12-3-1-2-4-13(12)19/h1-9H/b14-9-. The zero-order valence-corrected chi connectivity index (χ0v) is 14.4. The zero-order valence-electron chi connectivity index (χ0n) is 12.1. The Morgan fingerprint density at radius 1 is 1.00 bits per heavy atom. The monoisotopic (exact) mass is 373 g/mol. The third kappa shape index (κ3) is 2.60. The van der Waals surface area contributed by atoms with Crippen molar-refractivity contribution in [3.05, 3.63) is 79.0 Å². The van der Waals surface area contributed by atoms with Crippen LogP contribution in [0, 0.1) is 0 Å². The number of fused-ring (bicyclic) bond motifs is 1. The van der Waals surface area contributed by atoms with E-state index in [1.54, 1.807) is 18.2 Å². The first-order valence-electron chi connectivity index (χ1n) is 7.03. The molecule has 24 heavy (non-hydrogen) atoms. The fourth-order valence-corrected chi connectivity index (χ4v) is 3.65. The molecule has 0 fully saturated rings. The van der Waals surface area contributed by atoms with Crippen LogP contribution in [-0.4, -0.2) is 14.6 Å². The van der Waals surface area contributed by atoms with Crippen LogP contribution in [0.4, 0.5) is 0 Å². The Balaban J connectivity index is 1.93. The lowest BCUT2D eigenvalue weighted by Crippen LogP contribution is -2.23. The van der Waals surface area contributed by atoms with Crippen LogP contribution in [0.1, 0.15) is 5.56 Å². The van der Waals surface area contributed by atoms with Crippen LogP contribution in [0.2, 0.25) is 10.0 Å². The molecule has 4 nitrogen and oxygen atoms in total. The molecule has 2 aromatic heterocycles. The van der Waals surface area contributed by atoms with Gasteiger partial charge in [0.1, 0.15) is 0 Å². The summed E-state index contributed by atoms with van der Waals surface area (Å²) in [6, 6.07) is 14.5. The third-order valence-electron chi connectivity index (χ3n) is 3.53. The number of rotatable bonds is 2. The van der Waals surface area contributed by atoms with Crippen molar-refractivity contribution in [3.8, 4) is 11.4 Å². The SMILES string of the molecule is O=c1/c(=C/c2ccc(Cl)cc2)sc2nnc(-c3ccccc3Cl)n12. The van der Waals surface area contributed by atoms with Gasteiger partial charge in [-0.15, -0.1) is 10.2 Å². The number of hydrogen-bond donors (Lipinski definition) is 0. The summed E-state index contributed by atoms with van der Waals surface area (Å²) in [6.07, 6.45) is 1.81. The molecule has 7 heteroatoms. The molecule has 0 unspecified atom stereocenters. The van der Waals surface area contributed by atoms with E-state index in [1.165, 1.54) is 15.7 Å². The summed E-state index contributed by atoms with van der Waals surface area (Å²) in [5.74, 6) is 0.451. The maximum Gasteiger partial charge on any atom is 0.276 e. The molecule has 0 bridgehead atoms. The average Bonchev–Trinajstić information content (AvgIpc) is 3.11. The highest BCUT2D eigenvalue weighted by atomic mass is 35.5. The molecule has 2 heterocycles. The summed E-state index contributed by atoms with van der Waals surface area (Å²) < 4.78 is 2.07. The Kier molecular flexibility index (Phi) is 3.84. The third-order valence-corrected chi connectivity index (χ3v) is 5.07. The minimum atomic E-state index is -0.162. The molecular formula is C17H9Cl2N3OS. The van der Waals surface area contributed by atoms with Crippen LogP contribution in [0.5, 0.6) is 0 Å². The van der Waals surface area contributed by atoms with Gasteiger partial charge in [0.05, 0.1) is 9.55 Å². The highest BCUT2D eigenvalue weighted by Gasteiger charge is 2.15. The first-order chi connectivity index (χ1) is 11.6. The van der Waals surface area contributed by atoms with E-state index >= 15 is 0 Å². The number of benzene rings is 2. The van der Waals surface area contributed by atoms with Crippen LogP contribution in [0.25, 0.3) is 22.4 Å². The number of halogens is 2. The van der Waals surface area contributed by atoms with Crippen LogP contribution in [0.15, 0.2) is 53.3 Å². The van der Waals surface area contributed by atoms with Crippen LogP contribution in [-0.2, 0) is 0 Å². The van der Waals surface area contributed by atoms with Crippen molar-refractivity contribution in [2.24, 2.45) is 0 Å². The Morgan fingerprint density at radius 3 is 2.50 bits per heavy atom. The second-order valence-corrected chi connectivity index (χ2v) is 6.94. The van der Waals surface area contributed by atoms with Gasteiger partial charge in [-0.1, -0.05) is 58.8 Å². The fraction of sp³-hybridized carbons (Fsp3) is 0. The van der Waals surface area contributed by atoms with Crippen molar-refractivity contribution < 1.29 is 0 Å². The van der Waals surface area contributed by atoms with E-state index < -0.39 is 0 Å². The van der Waals surface area contributed by atoms with E-state index in [2.05, 4.69) is 10.2 Å².